The molecule has 0 bridgehead atoms. The first-order chi connectivity index (χ1) is 8.74. The lowest BCUT2D eigenvalue weighted by Crippen LogP contribution is -2.42. The molecule has 0 atom stereocenters. The Hall–Kier alpha value is -0.233. The van der Waals surface area contributed by atoms with Gasteiger partial charge in [-0.15, -0.1) is 0 Å². The minimum atomic E-state index is -2.38. The average Bonchev–Trinajstić information content (AvgIpc) is 2.42. The van der Waals surface area contributed by atoms with E-state index in [1.807, 2.05) is 6.21 Å². The molecule has 0 amide bonds. The van der Waals surface area contributed by atoms with E-state index in [1.54, 1.807) is 21.3 Å². The molecule has 0 aliphatic carbocycles. The minimum Gasteiger partial charge on any atom is -0.377 e. The second-order valence-corrected chi connectivity index (χ2v) is 7.43. The van der Waals surface area contributed by atoms with Gasteiger partial charge in [0.25, 0.3) is 0 Å². The molecule has 0 fully saturated rings. The topological polar surface area (TPSA) is 40.0 Å². The summed E-state index contributed by atoms with van der Waals surface area (Å²) >= 11 is 0. The predicted molar refractivity (Wildman–Crippen MR) is 78.3 cm³/mol. The summed E-state index contributed by atoms with van der Waals surface area (Å²) in [7, 11) is 2.57. The van der Waals surface area contributed by atoms with Gasteiger partial charge in [0.15, 0.2) is 0 Å². The number of hydrogen-bond acceptors (Lipinski definition) is 4. The van der Waals surface area contributed by atoms with Crippen molar-refractivity contribution >= 4 is 15.0 Å². The van der Waals surface area contributed by atoms with Gasteiger partial charge in [-0.05, 0) is 25.5 Å². The summed E-state index contributed by atoms with van der Waals surface area (Å²) in [6.07, 6.45) is 9.28. The summed E-state index contributed by atoms with van der Waals surface area (Å²) in [5.41, 5.74) is 0. The predicted octanol–water partition coefficient (Wildman–Crippen LogP) is 3.30. The average molecular weight is 275 g/mol. The van der Waals surface area contributed by atoms with Crippen LogP contribution < -0.4 is 0 Å². The maximum atomic E-state index is 5.35. The van der Waals surface area contributed by atoms with Crippen molar-refractivity contribution in [3.8, 4) is 0 Å². The molecule has 0 heterocycles. The minimum absolute atomic E-state index is 0.823. The number of hydrogen-bond donors (Lipinski definition) is 0. The number of rotatable bonds is 12. The van der Waals surface area contributed by atoms with Gasteiger partial charge >= 0.3 is 8.80 Å². The van der Waals surface area contributed by atoms with Gasteiger partial charge in [-0.2, -0.15) is 0 Å². The zero-order chi connectivity index (χ0) is 13.7. The largest absolute Gasteiger partial charge is 0.500 e. The molecule has 0 aliphatic rings. The molecule has 0 spiro atoms. The molecule has 0 aliphatic heterocycles. The Kier molecular flexibility index (Phi) is 11.7. The summed E-state index contributed by atoms with van der Waals surface area (Å²) in [6.45, 7) is 3.06. The van der Waals surface area contributed by atoms with Crippen molar-refractivity contribution in [1.82, 2.24) is 0 Å². The Balaban J connectivity index is 3.56. The van der Waals surface area contributed by atoms with Crippen LogP contribution in [0.5, 0.6) is 0 Å². The highest BCUT2D eigenvalue weighted by Crippen LogP contribution is 2.14. The second-order valence-electron chi connectivity index (χ2n) is 4.34. The normalized spacial score (nSPS) is 12.4. The van der Waals surface area contributed by atoms with Crippen LogP contribution in [0.2, 0.25) is 6.04 Å². The van der Waals surface area contributed by atoms with Gasteiger partial charge in [0.05, 0.1) is 0 Å². The third-order valence-electron chi connectivity index (χ3n) is 3.02. The zero-order valence-corrected chi connectivity index (χ0v) is 13.4. The van der Waals surface area contributed by atoms with E-state index in [1.165, 1.54) is 25.7 Å². The molecule has 0 aromatic carbocycles. The molecule has 5 heteroatoms. The Morgan fingerprint density at radius 2 is 1.61 bits per heavy atom. The van der Waals surface area contributed by atoms with Crippen LogP contribution in [0.25, 0.3) is 0 Å². The molecular weight excluding hydrogens is 246 g/mol. The lowest BCUT2D eigenvalue weighted by atomic mass is 10.2. The molecule has 0 aromatic rings. The fourth-order valence-electron chi connectivity index (χ4n) is 1.79. The number of unbranched alkanes of at least 4 members (excludes halogenated alkanes) is 4. The highest BCUT2D eigenvalue weighted by atomic mass is 28.4. The molecule has 0 radical (unpaired) electrons. The van der Waals surface area contributed by atoms with Crippen molar-refractivity contribution < 1.29 is 13.3 Å². The van der Waals surface area contributed by atoms with Crippen LogP contribution in [0.1, 0.15) is 45.4 Å². The lowest BCUT2D eigenvalue weighted by molar-refractivity contribution is 0.123. The molecule has 0 rings (SSSR count). The molecule has 108 valence electrons. The Morgan fingerprint density at radius 3 is 2.17 bits per heavy atom. The number of aliphatic imine (C=N–C) groups is 1. The van der Waals surface area contributed by atoms with Crippen molar-refractivity contribution in [1.29, 1.82) is 0 Å². The van der Waals surface area contributed by atoms with Crippen LogP contribution in [0.15, 0.2) is 4.99 Å². The smallest absolute Gasteiger partial charge is 0.377 e. The van der Waals surface area contributed by atoms with Crippen molar-refractivity contribution in [2.75, 3.05) is 27.9 Å². The Bertz CT molecular complexity index is 200. The van der Waals surface area contributed by atoms with E-state index < -0.39 is 8.80 Å². The van der Waals surface area contributed by atoms with Gasteiger partial charge in [0, 0.05) is 33.9 Å². The van der Waals surface area contributed by atoms with E-state index in [2.05, 4.69) is 11.9 Å². The van der Waals surface area contributed by atoms with Crippen LogP contribution >= 0.6 is 0 Å². The molecule has 0 unspecified atom stereocenters. The van der Waals surface area contributed by atoms with Crippen LogP contribution in [0.3, 0.4) is 0 Å². The van der Waals surface area contributed by atoms with E-state index in [0.29, 0.717) is 0 Å². The molecule has 0 saturated carbocycles. The summed E-state index contributed by atoms with van der Waals surface area (Å²) in [4.78, 5) is 4.41. The van der Waals surface area contributed by atoms with Crippen molar-refractivity contribution in [3.05, 3.63) is 0 Å². The maximum Gasteiger partial charge on any atom is 0.500 e. The van der Waals surface area contributed by atoms with Gasteiger partial charge in [-0.3, -0.25) is 4.99 Å². The molecular formula is C13H29NO3Si. The fraction of sp³-hybridized carbons (Fsp3) is 0.923. The lowest BCUT2D eigenvalue weighted by Gasteiger charge is -2.23. The second kappa shape index (κ2) is 11.8. The first-order valence-electron chi connectivity index (χ1n) is 6.88. The Morgan fingerprint density at radius 1 is 0.944 bits per heavy atom. The third-order valence-corrected chi connectivity index (χ3v) is 5.85. The molecule has 0 saturated heterocycles. The molecule has 0 N–H and O–H groups in total. The summed E-state index contributed by atoms with van der Waals surface area (Å²) in [6, 6.07) is 0.823. The fourth-order valence-corrected chi connectivity index (χ4v) is 3.49. The SMILES string of the molecule is CCCCCCC=NCCC[Si](OC)(OC)OC. The van der Waals surface area contributed by atoms with E-state index in [-0.39, 0.29) is 0 Å². The van der Waals surface area contributed by atoms with Crippen LogP contribution in [-0.4, -0.2) is 42.9 Å². The first kappa shape index (κ1) is 17.8. The highest BCUT2D eigenvalue weighted by molar-refractivity contribution is 6.60. The first-order valence-corrected chi connectivity index (χ1v) is 8.81. The standard InChI is InChI=1S/C13H29NO3Si/c1-5-6-7-8-9-11-14-12-10-13-18(15-2,16-3)17-4/h11H,5-10,12-13H2,1-4H3. The quantitative estimate of drug-likeness (QED) is 0.312. The monoisotopic (exact) mass is 275 g/mol. The van der Waals surface area contributed by atoms with E-state index in [4.69, 9.17) is 13.3 Å². The van der Waals surface area contributed by atoms with Gasteiger partial charge in [-0.1, -0.05) is 26.2 Å². The van der Waals surface area contributed by atoms with Gasteiger partial charge in [-0.25, -0.2) is 0 Å². The third kappa shape index (κ3) is 7.97. The van der Waals surface area contributed by atoms with E-state index in [9.17, 15) is 0 Å². The van der Waals surface area contributed by atoms with Crippen LogP contribution in [-0.2, 0) is 13.3 Å². The van der Waals surface area contributed by atoms with E-state index >= 15 is 0 Å². The van der Waals surface area contributed by atoms with Crippen LogP contribution in [0, 0.1) is 0 Å². The van der Waals surface area contributed by atoms with Crippen molar-refractivity contribution in [3.63, 3.8) is 0 Å². The van der Waals surface area contributed by atoms with E-state index in [0.717, 1.165) is 25.4 Å². The van der Waals surface area contributed by atoms with Crippen molar-refractivity contribution in [2.45, 2.75) is 51.5 Å². The van der Waals surface area contributed by atoms with Crippen molar-refractivity contribution in [2.24, 2.45) is 4.99 Å². The highest BCUT2D eigenvalue weighted by Gasteiger charge is 2.36. The Labute approximate surface area is 113 Å². The van der Waals surface area contributed by atoms with Gasteiger partial charge in [0.1, 0.15) is 0 Å². The summed E-state index contributed by atoms with van der Waals surface area (Å²) in [5.74, 6) is 0. The van der Waals surface area contributed by atoms with Crippen LogP contribution in [0.4, 0.5) is 0 Å². The van der Waals surface area contributed by atoms with Gasteiger partial charge in [0.2, 0.25) is 0 Å². The summed E-state index contributed by atoms with van der Waals surface area (Å²) < 4.78 is 16.1. The van der Waals surface area contributed by atoms with Gasteiger partial charge < -0.3 is 13.3 Å². The molecule has 4 nitrogen and oxygen atoms in total. The zero-order valence-electron chi connectivity index (χ0n) is 12.4. The number of nitrogens with zero attached hydrogens (tertiary/aromatic N) is 1. The molecule has 18 heavy (non-hydrogen) atoms. The molecule has 0 aromatic heterocycles. The maximum absolute atomic E-state index is 5.35. The summed E-state index contributed by atoms with van der Waals surface area (Å²) in [5, 5.41) is 0.